The molecule has 0 aliphatic carbocycles. The molecular weight excluding hydrogens is 254 g/mol. The van der Waals surface area contributed by atoms with E-state index in [1.807, 2.05) is 0 Å². The summed E-state index contributed by atoms with van der Waals surface area (Å²) in [6.45, 7) is 0. The Hall–Kier alpha value is 2.08. The van der Waals surface area contributed by atoms with Crippen LogP contribution in [0.5, 0.6) is 0 Å². The summed E-state index contributed by atoms with van der Waals surface area (Å²) in [4.78, 5) is 0. The van der Waals surface area contributed by atoms with Gasteiger partial charge in [-0.1, -0.05) is 0 Å². The van der Waals surface area contributed by atoms with Crippen molar-refractivity contribution in [2.24, 2.45) is 0 Å². The van der Waals surface area contributed by atoms with Crippen LogP contribution >= 0.6 is 17.8 Å². The summed E-state index contributed by atoms with van der Waals surface area (Å²) >= 11 is -0.826. The first-order chi connectivity index (χ1) is 1.41. The Labute approximate surface area is 63.1 Å². The van der Waals surface area contributed by atoms with E-state index < -0.39 is 18.9 Å². The summed E-state index contributed by atoms with van der Waals surface area (Å²) in [6, 6.07) is 0. The standard InChI is InChI=1S/2ClH.2H2S.Sn/h2*1H;2*1H2;/q;;;;+4/p-4. The molecule has 0 nitrogen and oxygen atoms in total. The summed E-state index contributed by atoms with van der Waals surface area (Å²) in [6.07, 6.45) is 0. The molecule has 0 amide bonds. The first-order valence-electron chi connectivity index (χ1n) is 0.378. The van der Waals surface area contributed by atoms with Crippen LogP contribution in [0, 0.1) is 0 Å². The second-order valence-electron chi connectivity index (χ2n) is 0.0714. The molecule has 0 aliphatic heterocycles. The zero-order valence-corrected chi connectivity index (χ0v) is 8.31. The normalized spacial score (nSPS) is 2.00. The van der Waals surface area contributed by atoms with Crippen molar-refractivity contribution in [3.05, 3.63) is 0 Å². The molecule has 0 rings (SSSR count). The molecule has 0 heterocycles. The van der Waals surface area contributed by atoms with Gasteiger partial charge < -0.3 is 27.0 Å². The second kappa shape index (κ2) is 16.5. The molecule has 0 fully saturated rings. The predicted molar refractivity (Wildman–Crippen MR) is 35.0 cm³/mol. The summed E-state index contributed by atoms with van der Waals surface area (Å²) in [7, 11) is 9.87. The molecule has 0 saturated heterocycles. The fraction of sp³-hybridized carbons (Fsp3) is 0. The Morgan fingerprint density at radius 2 is 1.00 bits per heavy atom. The van der Waals surface area contributed by atoms with Crippen LogP contribution in [-0.2, 0) is 27.0 Å². The maximum absolute atomic E-state index is 4.93. The fourth-order valence-electron chi connectivity index (χ4n) is 0. The minimum Gasteiger partial charge on any atom is -0.813 e. The van der Waals surface area contributed by atoms with Crippen molar-refractivity contribution in [1.29, 1.82) is 0 Å². The molecule has 0 bridgehead atoms. The number of halogens is 2. The molecule has 0 N–H and O–H groups in total. The van der Waals surface area contributed by atoms with Gasteiger partial charge in [-0.05, 0) is 0 Å². The zero-order valence-electron chi connectivity index (χ0n) is 2.15. The molecule has 0 saturated carbocycles. The van der Waals surface area contributed by atoms with Gasteiger partial charge in [0, 0.05) is 0 Å². The van der Waals surface area contributed by atoms with Crippen LogP contribution in [0.3, 0.4) is 0 Å². The molecule has 0 radical (unpaired) electrons. The SMILES string of the molecule is [Cl][Sn+2][Cl].[SH-].[SH-]. The maximum Gasteiger partial charge on any atom is -0.813 e. The number of hydrogen-bond acceptors (Lipinski definition) is 2. The predicted octanol–water partition coefficient (Wildman–Crippen LogP) is 0.458. The van der Waals surface area contributed by atoms with Crippen LogP contribution in [-0.4, -0.2) is 18.9 Å². The Morgan fingerprint density at radius 1 is 1.00 bits per heavy atom. The van der Waals surface area contributed by atoms with Gasteiger partial charge in [0.05, 0.1) is 0 Å². The average molecular weight is 256 g/mol. The van der Waals surface area contributed by atoms with Gasteiger partial charge in [0.15, 0.2) is 0 Å². The molecule has 0 unspecified atom stereocenters. The van der Waals surface area contributed by atoms with E-state index in [1.165, 1.54) is 0 Å². The van der Waals surface area contributed by atoms with Crippen LogP contribution in [0.1, 0.15) is 0 Å². The average Bonchev–Trinajstić information content (AvgIpc) is 0.918. The smallest absolute Gasteiger partial charge is 0.813 e. The van der Waals surface area contributed by atoms with Crippen LogP contribution in [0.2, 0.25) is 0 Å². The van der Waals surface area contributed by atoms with Gasteiger partial charge in [0.1, 0.15) is 0 Å². The van der Waals surface area contributed by atoms with Crippen molar-refractivity contribution < 1.29 is 0 Å². The van der Waals surface area contributed by atoms with E-state index >= 15 is 0 Å². The maximum atomic E-state index is 4.93. The van der Waals surface area contributed by atoms with Gasteiger partial charge in [0.25, 0.3) is 0 Å². The largest absolute Gasteiger partial charge is 0.813 e. The van der Waals surface area contributed by atoms with Crippen molar-refractivity contribution in [2.75, 3.05) is 0 Å². The van der Waals surface area contributed by atoms with E-state index in [0.29, 0.717) is 0 Å². The van der Waals surface area contributed by atoms with E-state index in [9.17, 15) is 0 Å². The topological polar surface area (TPSA) is 0 Å². The van der Waals surface area contributed by atoms with Crippen LogP contribution in [0.15, 0.2) is 0 Å². The number of rotatable bonds is 0. The molecule has 5 heteroatoms. The first-order valence-corrected chi connectivity index (χ1v) is 7.61. The van der Waals surface area contributed by atoms with E-state index in [2.05, 4.69) is 0 Å². The van der Waals surface area contributed by atoms with Gasteiger partial charge in [0.2, 0.25) is 0 Å². The van der Waals surface area contributed by atoms with Gasteiger partial charge in [-0.15, -0.1) is 0 Å². The van der Waals surface area contributed by atoms with Gasteiger partial charge in [-0.3, -0.25) is 0 Å². The molecular formula is H2Cl2S2Sn. The van der Waals surface area contributed by atoms with Crippen molar-refractivity contribution in [2.45, 2.75) is 0 Å². The van der Waals surface area contributed by atoms with Crippen molar-refractivity contribution >= 4 is 63.7 Å². The minimum absolute atomic E-state index is 0. The summed E-state index contributed by atoms with van der Waals surface area (Å²) in [5, 5.41) is 0. The Kier molecular flexibility index (Phi) is 52.0. The van der Waals surface area contributed by atoms with E-state index in [-0.39, 0.29) is 27.0 Å². The van der Waals surface area contributed by atoms with Crippen LogP contribution in [0.25, 0.3) is 0 Å². The molecule has 32 valence electrons. The van der Waals surface area contributed by atoms with Crippen LogP contribution < -0.4 is 0 Å². The van der Waals surface area contributed by atoms with E-state index in [4.69, 9.17) is 17.8 Å². The third-order valence-electron chi connectivity index (χ3n) is 0. The molecule has 5 heavy (non-hydrogen) atoms. The van der Waals surface area contributed by atoms with Gasteiger partial charge in [-0.2, -0.15) is 0 Å². The zero-order chi connectivity index (χ0) is 2.71. The van der Waals surface area contributed by atoms with Gasteiger partial charge >= 0.3 is 36.7 Å². The van der Waals surface area contributed by atoms with Crippen LogP contribution in [0.4, 0.5) is 0 Å². The van der Waals surface area contributed by atoms with Crippen molar-refractivity contribution in [3.8, 4) is 0 Å². The molecule has 0 aliphatic rings. The third-order valence-corrected chi connectivity index (χ3v) is 0. The Morgan fingerprint density at radius 3 is 1.00 bits per heavy atom. The molecule has 0 aromatic heterocycles. The second-order valence-corrected chi connectivity index (χ2v) is 4.31. The monoisotopic (exact) mass is 256 g/mol. The Bertz CT molecular complexity index is 7.61. The summed E-state index contributed by atoms with van der Waals surface area (Å²) < 4.78 is 0. The minimum atomic E-state index is -0.826. The van der Waals surface area contributed by atoms with E-state index in [0.717, 1.165) is 0 Å². The molecule has 0 aromatic rings. The molecule has 0 atom stereocenters. The van der Waals surface area contributed by atoms with Crippen molar-refractivity contribution in [3.63, 3.8) is 0 Å². The molecule has 0 aromatic carbocycles. The fourth-order valence-corrected chi connectivity index (χ4v) is 0. The first kappa shape index (κ1) is 15.7. The number of hydrogen-bond donors (Lipinski definition) is 0. The summed E-state index contributed by atoms with van der Waals surface area (Å²) in [5.74, 6) is 0. The third kappa shape index (κ3) is 23.4. The Balaban J connectivity index is -0.0000000200. The quantitative estimate of drug-likeness (QED) is 0.350. The number of thiol groups is 2. The van der Waals surface area contributed by atoms with E-state index in [1.54, 1.807) is 0 Å². The van der Waals surface area contributed by atoms with Crippen molar-refractivity contribution in [1.82, 2.24) is 0 Å². The summed E-state index contributed by atoms with van der Waals surface area (Å²) in [5.41, 5.74) is 0. The molecule has 0 spiro atoms. The van der Waals surface area contributed by atoms with Gasteiger partial charge in [-0.25, -0.2) is 0 Å².